The number of rotatable bonds is 3. The lowest BCUT2D eigenvalue weighted by Gasteiger charge is -2.34. The van der Waals surface area contributed by atoms with Crippen LogP contribution in [0.5, 0.6) is 5.88 Å². The van der Waals surface area contributed by atoms with E-state index in [-0.39, 0.29) is 0 Å². The van der Waals surface area contributed by atoms with Gasteiger partial charge in [0.15, 0.2) is 5.82 Å². The molecule has 5 heterocycles. The highest BCUT2D eigenvalue weighted by Gasteiger charge is 2.21. The zero-order valence-corrected chi connectivity index (χ0v) is 17.7. The monoisotopic (exact) mass is 413 g/mol. The topological polar surface area (TPSA) is 76.2 Å². The summed E-state index contributed by atoms with van der Waals surface area (Å²) in [6.07, 6.45) is 6.58. The standard InChI is InChI=1S/C17H19N5O2.C4H8S/c1-11-10-24-8-7-22(11)14-4-6-19-17(20-14)13-9-15(23-2)21-16-12(13)3-5-18-16;1-2-4-5-3-1/h3-6,9,11H,7-8,10H2,1-2H3,(H,18,21);1-4H2. The molecule has 2 fully saturated rings. The van der Waals surface area contributed by atoms with E-state index in [1.165, 1.54) is 24.3 Å². The third-order valence-electron chi connectivity index (χ3n) is 5.09. The Hall–Kier alpha value is -2.32. The first-order valence-corrected chi connectivity index (χ1v) is 11.2. The third kappa shape index (κ3) is 4.64. The van der Waals surface area contributed by atoms with Gasteiger partial charge in [-0.25, -0.2) is 9.97 Å². The molecule has 1 atom stereocenters. The van der Waals surface area contributed by atoms with Crippen LogP contribution in [-0.2, 0) is 4.74 Å². The Morgan fingerprint density at radius 3 is 2.83 bits per heavy atom. The smallest absolute Gasteiger partial charge is 0.215 e. The molecule has 0 radical (unpaired) electrons. The lowest BCUT2D eigenvalue weighted by Crippen LogP contribution is -2.44. The van der Waals surface area contributed by atoms with Crippen molar-refractivity contribution in [3.05, 3.63) is 30.6 Å². The number of morpholine rings is 1. The van der Waals surface area contributed by atoms with Crippen molar-refractivity contribution in [1.29, 1.82) is 0 Å². The SMILES string of the molecule is C1CCSC1.COc1cc(-c2nccc(N3CCOCC3C)n2)c2cc[nH]c2n1. The number of hydrogen-bond donors (Lipinski definition) is 1. The van der Waals surface area contributed by atoms with Crippen molar-refractivity contribution in [2.24, 2.45) is 0 Å². The van der Waals surface area contributed by atoms with Crippen molar-refractivity contribution < 1.29 is 9.47 Å². The van der Waals surface area contributed by atoms with E-state index in [0.29, 0.717) is 24.4 Å². The van der Waals surface area contributed by atoms with Crippen LogP contribution in [0.25, 0.3) is 22.4 Å². The largest absolute Gasteiger partial charge is 0.481 e. The van der Waals surface area contributed by atoms with Crippen LogP contribution in [0, 0.1) is 0 Å². The van der Waals surface area contributed by atoms with E-state index in [1.807, 2.05) is 24.4 Å². The van der Waals surface area contributed by atoms with Crippen molar-refractivity contribution in [2.45, 2.75) is 25.8 Å². The molecule has 2 saturated heterocycles. The van der Waals surface area contributed by atoms with E-state index < -0.39 is 0 Å². The maximum atomic E-state index is 5.51. The van der Waals surface area contributed by atoms with Crippen LogP contribution >= 0.6 is 11.8 Å². The molecule has 0 spiro atoms. The van der Waals surface area contributed by atoms with Crippen molar-refractivity contribution in [2.75, 3.05) is 43.3 Å². The minimum atomic E-state index is 0.292. The molecule has 2 aliphatic heterocycles. The fourth-order valence-corrected chi connectivity index (χ4v) is 4.54. The summed E-state index contributed by atoms with van der Waals surface area (Å²) in [5, 5.41) is 0.975. The average Bonchev–Trinajstić information content (AvgIpc) is 3.48. The van der Waals surface area contributed by atoms with Crippen molar-refractivity contribution >= 4 is 28.6 Å². The summed E-state index contributed by atoms with van der Waals surface area (Å²) >= 11 is 2.07. The lowest BCUT2D eigenvalue weighted by molar-refractivity contribution is 0.0985. The van der Waals surface area contributed by atoms with Gasteiger partial charge in [0, 0.05) is 36.0 Å². The van der Waals surface area contributed by atoms with Gasteiger partial charge in [-0.2, -0.15) is 16.7 Å². The molecule has 0 bridgehead atoms. The molecule has 0 saturated carbocycles. The molecule has 1 unspecified atom stereocenters. The summed E-state index contributed by atoms with van der Waals surface area (Å²) in [5.74, 6) is 4.94. The minimum absolute atomic E-state index is 0.292. The molecule has 7 nitrogen and oxygen atoms in total. The quantitative estimate of drug-likeness (QED) is 0.700. The van der Waals surface area contributed by atoms with E-state index in [0.717, 1.165) is 35.6 Å². The molecular formula is C21H27N5O2S. The van der Waals surface area contributed by atoms with Crippen molar-refractivity contribution in [1.82, 2.24) is 19.9 Å². The molecule has 3 aromatic heterocycles. The Morgan fingerprint density at radius 2 is 2.10 bits per heavy atom. The molecule has 3 aromatic rings. The number of aromatic nitrogens is 4. The molecule has 1 N–H and O–H groups in total. The highest BCUT2D eigenvalue weighted by Crippen LogP contribution is 2.29. The van der Waals surface area contributed by atoms with E-state index >= 15 is 0 Å². The first kappa shape index (κ1) is 20.0. The molecular weight excluding hydrogens is 386 g/mol. The number of hydrogen-bond acceptors (Lipinski definition) is 7. The van der Waals surface area contributed by atoms with Crippen LogP contribution in [0.4, 0.5) is 5.82 Å². The van der Waals surface area contributed by atoms with Gasteiger partial charge in [0.2, 0.25) is 5.88 Å². The molecule has 0 aliphatic carbocycles. The Bertz CT molecular complexity index is 936. The van der Waals surface area contributed by atoms with E-state index in [1.54, 1.807) is 13.3 Å². The maximum absolute atomic E-state index is 5.51. The Kier molecular flexibility index (Phi) is 6.51. The second-order valence-corrected chi connectivity index (χ2v) is 8.35. The van der Waals surface area contributed by atoms with Crippen LogP contribution < -0.4 is 9.64 Å². The van der Waals surface area contributed by atoms with Gasteiger partial charge in [-0.05, 0) is 43.4 Å². The maximum Gasteiger partial charge on any atom is 0.215 e. The zero-order valence-electron chi connectivity index (χ0n) is 16.9. The number of pyridine rings is 1. The van der Waals surface area contributed by atoms with Gasteiger partial charge in [-0.1, -0.05) is 0 Å². The fourth-order valence-electron chi connectivity index (χ4n) is 3.52. The van der Waals surface area contributed by atoms with Gasteiger partial charge in [-0.15, -0.1) is 0 Å². The van der Waals surface area contributed by atoms with Gasteiger partial charge in [0.25, 0.3) is 0 Å². The summed E-state index contributed by atoms with van der Waals surface area (Å²) in [6, 6.07) is 6.08. The Balaban J connectivity index is 0.000000359. The van der Waals surface area contributed by atoms with Gasteiger partial charge >= 0.3 is 0 Å². The Labute approximate surface area is 175 Å². The van der Waals surface area contributed by atoms with E-state index in [9.17, 15) is 0 Å². The van der Waals surface area contributed by atoms with Crippen LogP contribution in [-0.4, -0.2) is 64.4 Å². The summed E-state index contributed by atoms with van der Waals surface area (Å²) in [6.45, 7) is 4.40. The van der Waals surface area contributed by atoms with Gasteiger partial charge in [-0.3, -0.25) is 0 Å². The van der Waals surface area contributed by atoms with E-state index in [2.05, 4.69) is 38.5 Å². The molecule has 29 heavy (non-hydrogen) atoms. The predicted octanol–water partition coefficient (Wildman–Crippen LogP) is 3.77. The van der Waals surface area contributed by atoms with Crippen LogP contribution in [0.2, 0.25) is 0 Å². The van der Waals surface area contributed by atoms with Crippen molar-refractivity contribution in [3.8, 4) is 17.3 Å². The van der Waals surface area contributed by atoms with Crippen LogP contribution in [0.1, 0.15) is 19.8 Å². The number of nitrogens with zero attached hydrogens (tertiary/aromatic N) is 4. The molecule has 154 valence electrons. The number of thioether (sulfide) groups is 1. The number of aromatic amines is 1. The summed E-state index contributed by atoms with van der Waals surface area (Å²) in [5.41, 5.74) is 1.67. The number of fused-ring (bicyclic) bond motifs is 1. The second kappa shape index (κ2) is 9.45. The lowest BCUT2D eigenvalue weighted by atomic mass is 10.1. The normalized spacial score (nSPS) is 19.1. The number of ether oxygens (including phenoxy) is 2. The number of methoxy groups -OCH3 is 1. The predicted molar refractivity (Wildman–Crippen MR) is 118 cm³/mol. The van der Waals surface area contributed by atoms with Crippen LogP contribution in [0.3, 0.4) is 0 Å². The van der Waals surface area contributed by atoms with Gasteiger partial charge < -0.3 is 19.4 Å². The van der Waals surface area contributed by atoms with Crippen LogP contribution in [0.15, 0.2) is 30.6 Å². The highest BCUT2D eigenvalue weighted by atomic mass is 32.2. The molecule has 0 amide bonds. The number of anilines is 1. The summed E-state index contributed by atoms with van der Waals surface area (Å²) in [7, 11) is 1.60. The average molecular weight is 414 g/mol. The summed E-state index contributed by atoms with van der Waals surface area (Å²) in [4.78, 5) is 19.0. The Morgan fingerprint density at radius 1 is 1.24 bits per heavy atom. The number of H-pyrrole nitrogens is 1. The fraction of sp³-hybridized carbons (Fsp3) is 0.476. The van der Waals surface area contributed by atoms with Gasteiger partial charge in [0.1, 0.15) is 11.5 Å². The first-order chi connectivity index (χ1) is 14.3. The summed E-state index contributed by atoms with van der Waals surface area (Å²) < 4.78 is 10.8. The number of nitrogens with one attached hydrogen (secondary N) is 1. The highest BCUT2D eigenvalue weighted by molar-refractivity contribution is 7.99. The van der Waals surface area contributed by atoms with Crippen molar-refractivity contribution in [3.63, 3.8) is 0 Å². The second-order valence-electron chi connectivity index (χ2n) is 7.13. The molecule has 0 aromatic carbocycles. The first-order valence-electron chi connectivity index (χ1n) is 10.0. The third-order valence-corrected chi connectivity index (χ3v) is 6.24. The molecule has 8 heteroatoms. The minimum Gasteiger partial charge on any atom is -0.481 e. The zero-order chi connectivity index (χ0) is 20.1. The van der Waals surface area contributed by atoms with E-state index in [4.69, 9.17) is 14.5 Å². The molecule has 5 rings (SSSR count). The van der Waals surface area contributed by atoms with Gasteiger partial charge in [0.05, 0.1) is 26.4 Å². The molecule has 2 aliphatic rings.